The molecule has 0 saturated carbocycles. The van der Waals surface area contributed by atoms with Crippen LogP contribution in [0.3, 0.4) is 0 Å². The Labute approximate surface area is 47.2 Å². The fourth-order valence-corrected chi connectivity index (χ4v) is 0.417. The first-order valence-electron chi connectivity index (χ1n) is 2.13. The van der Waals surface area contributed by atoms with Gasteiger partial charge in [0.15, 0.2) is 0 Å². The smallest absolute Gasteiger partial charge is 0.149 e. The lowest BCUT2D eigenvalue weighted by molar-refractivity contribution is 0.896. The van der Waals surface area contributed by atoms with E-state index in [4.69, 9.17) is 5.26 Å². The van der Waals surface area contributed by atoms with Gasteiger partial charge in [-0.2, -0.15) is 5.26 Å². The molecule has 0 spiro atoms. The number of rotatable bonds is 0. The number of hydrogen-bond acceptors (Lipinski definition) is 2. The molecule has 1 rings (SSSR count). The van der Waals surface area contributed by atoms with Gasteiger partial charge in [0.25, 0.3) is 0 Å². The average Bonchev–Trinajstić information content (AvgIpc) is 2.14. The summed E-state index contributed by atoms with van der Waals surface area (Å²) >= 11 is 0. The molecule has 0 aliphatic heterocycles. The maximum absolute atomic E-state index is 8.27. The highest BCUT2D eigenvalue weighted by Crippen LogP contribution is 1.88. The summed E-state index contributed by atoms with van der Waals surface area (Å²) in [5.41, 5.74) is 0.463. The zero-order valence-electron chi connectivity index (χ0n) is 4.42. The molecule has 1 aromatic heterocycles. The largest absolute Gasteiger partial charge is 0.325 e. The number of nitriles is 1. The van der Waals surface area contributed by atoms with Gasteiger partial charge < -0.3 is 4.57 Å². The summed E-state index contributed by atoms with van der Waals surface area (Å²) in [6, 6.07) is 1.92. The first-order valence-corrected chi connectivity index (χ1v) is 2.13. The molecule has 0 bridgehead atoms. The summed E-state index contributed by atoms with van der Waals surface area (Å²) in [5.74, 6) is 0. The molecule has 0 aliphatic rings. The van der Waals surface area contributed by atoms with Crippen LogP contribution in [0.4, 0.5) is 0 Å². The third-order valence-electron chi connectivity index (χ3n) is 0.860. The van der Waals surface area contributed by atoms with E-state index in [1.165, 1.54) is 0 Å². The van der Waals surface area contributed by atoms with E-state index in [1.807, 2.05) is 6.07 Å². The van der Waals surface area contributed by atoms with Crippen LogP contribution in [-0.4, -0.2) is 9.55 Å². The monoisotopic (exact) mass is 106 g/mol. The molecule has 0 unspecified atom stereocenters. The molecule has 0 N–H and O–H groups in total. The Morgan fingerprint density at radius 3 is 3.00 bits per heavy atom. The molecule has 3 heteroatoms. The predicted octanol–water partition coefficient (Wildman–Crippen LogP) is 0.0920. The van der Waals surface area contributed by atoms with E-state index >= 15 is 0 Å². The number of hydrogen-bond donors (Lipinski definition) is 0. The second-order valence-electron chi connectivity index (χ2n) is 1.43. The zero-order chi connectivity index (χ0) is 5.98. The molecule has 1 radical (unpaired) electrons. The summed E-state index contributed by atoms with van der Waals surface area (Å²) in [4.78, 5) is 3.61. The summed E-state index contributed by atoms with van der Waals surface area (Å²) in [5, 5.41) is 8.27. The van der Waals surface area contributed by atoms with Crippen LogP contribution in [0, 0.1) is 17.5 Å². The minimum atomic E-state index is 0.463. The summed E-state index contributed by atoms with van der Waals surface area (Å²) in [6.45, 7) is 0. The van der Waals surface area contributed by atoms with Crippen LogP contribution in [0.5, 0.6) is 0 Å². The minimum Gasteiger partial charge on any atom is -0.325 e. The highest BCUT2D eigenvalue weighted by molar-refractivity contribution is 5.14. The van der Waals surface area contributed by atoms with Crippen LogP contribution in [0.25, 0.3) is 0 Å². The molecular weight excluding hydrogens is 102 g/mol. The second kappa shape index (κ2) is 1.66. The van der Waals surface area contributed by atoms with Crippen molar-refractivity contribution in [1.29, 1.82) is 5.26 Å². The van der Waals surface area contributed by atoms with Gasteiger partial charge in [0.1, 0.15) is 18.0 Å². The van der Waals surface area contributed by atoms with Gasteiger partial charge in [-0.1, -0.05) is 0 Å². The molecule has 3 nitrogen and oxygen atoms in total. The third-order valence-corrected chi connectivity index (χ3v) is 0.860. The number of nitrogens with zero attached hydrogens (tertiary/aromatic N) is 3. The van der Waals surface area contributed by atoms with Crippen LogP contribution < -0.4 is 0 Å². The van der Waals surface area contributed by atoms with Gasteiger partial charge in [0.2, 0.25) is 0 Å². The van der Waals surface area contributed by atoms with Gasteiger partial charge in [-0.25, -0.2) is 4.98 Å². The topological polar surface area (TPSA) is 41.6 Å². The van der Waals surface area contributed by atoms with Gasteiger partial charge in [-0.3, -0.25) is 0 Å². The molecule has 1 aromatic rings. The normalized spacial score (nSPS) is 8.50. The first-order chi connectivity index (χ1) is 3.84. The SMILES string of the molecule is Cn1cn[c]c1C#N. The predicted molar refractivity (Wildman–Crippen MR) is 26.8 cm³/mol. The Hall–Kier alpha value is -1.30. The van der Waals surface area contributed by atoms with Crippen LogP contribution in [-0.2, 0) is 7.05 Å². The fourth-order valence-electron chi connectivity index (χ4n) is 0.417. The Kier molecular flexibility index (Phi) is 1.01. The van der Waals surface area contributed by atoms with E-state index in [0.29, 0.717) is 5.69 Å². The third kappa shape index (κ3) is 0.562. The molecule has 0 aliphatic carbocycles. The van der Waals surface area contributed by atoms with Crippen molar-refractivity contribution in [1.82, 2.24) is 9.55 Å². The Morgan fingerprint density at radius 2 is 2.75 bits per heavy atom. The van der Waals surface area contributed by atoms with Crippen LogP contribution >= 0.6 is 0 Å². The molecular formula is C5H4N3. The van der Waals surface area contributed by atoms with Gasteiger partial charge in [-0.15, -0.1) is 0 Å². The highest BCUT2D eigenvalue weighted by atomic mass is 15.0. The van der Waals surface area contributed by atoms with Gasteiger partial charge >= 0.3 is 0 Å². The van der Waals surface area contributed by atoms with Crippen LogP contribution in [0.15, 0.2) is 6.33 Å². The number of aryl methyl sites for hydroxylation is 1. The van der Waals surface area contributed by atoms with E-state index in [2.05, 4.69) is 11.2 Å². The quantitative estimate of drug-likeness (QED) is 0.470. The van der Waals surface area contributed by atoms with E-state index in [-0.39, 0.29) is 0 Å². The van der Waals surface area contributed by atoms with Crippen molar-refractivity contribution in [2.75, 3.05) is 0 Å². The first kappa shape index (κ1) is 4.85. The van der Waals surface area contributed by atoms with E-state index < -0.39 is 0 Å². The van der Waals surface area contributed by atoms with Crippen molar-refractivity contribution in [3.05, 3.63) is 18.2 Å². The summed E-state index contributed by atoms with van der Waals surface area (Å²) in [6.07, 6.45) is 4.05. The summed E-state index contributed by atoms with van der Waals surface area (Å²) < 4.78 is 1.61. The van der Waals surface area contributed by atoms with Crippen molar-refractivity contribution in [3.8, 4) is 6.07 Å². The van der Waals surface area contributed by atoms with Crippen molar-refractivity contribution in [2.45, 2.75) is 0 Å². The standard InChI is InChI=1S/C5H4N3/c1-8-4-7-3-5(8)2-6/h4H,1H3. The van der Waals surface area contributed by atoms with Gasteiger partial charge in [0.05, 0.1) is 6.33 Å². The van der Waals surface area contributed by atoms with Crippen molar-refractivity contribution < 1.29 is 0 Å². The fraction of sp³-hybridized carbons (Fsp3) is 0.200. The van der Waals surface area contributed by atoms with E-state index in [0.717, 1.165) is 0 Å². The van der Waals surface area contributed by atoms with Gasteiger partial charge in [0, 0.05) is 7.05 Å². The van der Waals surface area contributed by atoms with Gasteiger partial charge in [-0.05, 0) is 0 Å². The summed E-state index contributed by atoms with van der Waals surface area (Å²) in [7, 11) is 1.75. The Morgan fingerprint density at radius 1 is 2.00 bits per heavy atom. The Balaban J connectivity index is 3.15. The van der Waals surface area contributed by atoms with Crippen LogP contribution in [0.1, 0.15) is 5.69 Å². The lowest BCUT2D eigenvalue weighted by Gasteiger charge is -1.84. The second-order valence-corrected chi connectivity index (χ2v) is 1.43. The lowest BCUT2D eigenvalue weighted by atomic mass is 10.5. The molecule has 0 aromatic carbocycles. The number of aromatic nitrogens is 2. The van der Waals surface area contributed by atoms with Crippen molar-refractivity contribution >= 4 is 0 Å². The average molecular weight is 106 g/mol. The Bertz CT molecular complexity index is 218. The number of imidazole rings is 1. The maximum Gasteiger partial charge on any atom is 0.149 e. The van der Waals surface area contributed by atoms with E-state index in [1.54, 1.807) is 17.9 Å². The van der Waals surface area contributed by atoms with Crippen LogP contribution in [0.2, 0.25) is 0 Å². The molecule has 8 heavy (non-hydrogen) atoms. The zero-order valence-corrected chi connectivity index (χ0v) is 4.42. The minimum absolute atomic E-state index is 0.463. The lowest BCUT2D eigenvalue weighted by Crippen LogP contribution is -1.86. The molecule has 0 saturated heterocycles. The molecule has 0 fully saturated rings. The highest BCUT2D eigenvalue weighted by Gasteiger charge is 1.91. The van der Waals surface area contributed by atoms with E-state index in [9.17, 15) is 0 Å². The van der Waals surface area contributed by atoms with Crippen molar-refractivity contribution in [2.24, 2.45) is 7.05 Å². The molecule has 0 atom stereocenters. The maximum atomic E-state index is 8.27. The molecule has 0 amide bonds. The molecule has 39 valence electrons. The molecule has 1 heterocycles. The van der Waals surface area contributed by atoms with Crippen molar-refractivity contribution in [3.63, 3.8) is 0 Å².